The third-order valence-corrected chi connectivity index (χ3v) is 2.18. The first-order valence-electron chi connectivity index (χ1n) is 6.73. The molecule has 1 rings (SSSR count). The lowest BCUT2D eigenvalue weighted by Gasteiger charge is -2.16. The van der Waals surface area contributed by atoms with Gasteiger partial charge in [0, 0.05) is 6.42 Å². The molecule has 0 aliphatic carbocycles. The van der Waals surface area contributed by atoms with Crippen LogP contribution in [-0.2, 0) is 11.2 Å². The third kappa shape index (κ3) is 7.78. The lowest BCUT2D eigenvalue weighted by molar-refractivity contribution is 0.0912. The van der Waals surface area contributed by atoms with Crippen molar-refractivity contribution in [3.63, 3.8) is 0 Å². The van der Waals surface area contributed by atoms with Crippen LogP contribution in [-0.4, -0.2) is 23.4 Å². The fourth-order valence-corrected chi connectivity index (χ4v) is 1.45. The van der Waals surface area contributed by atoms with Crippen molar-refractivity contribution in [1.82, 2.24) is 10.1 Å². The van der Waals surface area contributed by atoms with Gasteiger partial charge in [0.25, 0.3) is 0 Å². The summed E-state index contributed by atoms with van der Waals surface area (Å²) in [4.78, 5) is 4.32. The Morgan fingerprint density at radius 2 is 1.79 bits per heavy atom. The monoisotopic (exact) mass is 266 g/mol. The molecule has 0 unspecified atom stereocenters. The van der Waals surface area contributed by atoms with E-state index >= 15 is 0 Å². The van der Waals surface area contributed by atoms with Crippen molar-refractivity contribution >= 4 is 6.08 Å². The third-order valence-electron chi connectivity index (χ3n) is 2.18. The molecule has 1 aromatic rings. The summed E-state index contributed by atoms with van der Waals surface area (Å²) in [5.41, 5.74) is 0.350. The molecular weight excluding hydrogens is 240 g/mol. The van der Waals surface area contributed by atoms with Crippen LogP contribution in [0, 0.1) is 10.8 Å². The number of rotatable bonds is 5. The van der Waals surface area contributed by atoms with Gasteiger partial charge in [0.2, 0.25) is 5.89 Å². The van der Waals surface area contributed by atoms with Gasteiger partial charge in [-0.15, -0.1) is 0 Å². The highest BCUT2D eigenvalue weighted by atomic mass is 16.5. The summed E-state index contributed by atoms with van der Waals surface area (Å²) in [5.74, 6) is 1.29. The van der Waals surface area contributed by atoms with Crippen molar-refractivity contribution in [2.75, 3.05) is 13.2 Å². The molecule has 0 aliphatic rings. The number of nitrogens with zero attached hydrogens (tertiary/aromatic N) is 2. The molecule has 0 N–H and O–H groups in total. The molecule has 0 fully saturated rings. The van der Waals surface area contributed by atoms with E-state index in [1.807, 2.05) is 12.2 Å². The zero-order chi connectivity index (χ0) is 14.5. The van der Waals surface area contributed by atoms with Crippen LogP contribution in [0.25, 0.3) is 6.08 Å². The molecule has 0 radical (unpaired) electrons. The van der Waals surface area contributed by atoms with E-state index in [0.29, 0.717) is 18.3 Å². The van der Waals surface area contributed by atoms with Crippen molar-refractivity contribution in [3.05, 3.63) is 17.8 Å². The van der Waals surface area contributed by atoms with Gasteiger partial charge >= 0.3 is 0 Å². The Balaban J connectivity index is 2.37. The van der Waals surface area contributed by atoms with E-state index in [2.05, 4.69) is 51.7 Å². The molecule has 0 amide bonds. The first kappa shape index (κ1) is 15.9. The Hall–Kier alpha value is -1.16. The van der Waals surface area contributed by atoms with Crippen LogP contribution < -0.4 is 0 Å². The molecule has 4 heteroatoms. The SMILES string of the molecule is CC(C)(C)COC/C=C/c1noc(CC(C)(C)C)n1. The van der Waals surface area contributed by atoms with Crippen LogP contribution in [0.1, 0.15) is 53.3 Å². The minimum Gasteiger partial charge on any atom is -0.377 e. The highest BCUT2D eigenvalue weighted by Crippen LogP contribution is 2.19. The second-order valence-electron chi connectivity index (χ2n) is 7.26. The molecule has 0 saturated heterocycles. The van der Waals surface area contributed by atoms with Crippen LogP contribution in [0.15, 0.2) is 10.6 Å². The molecule has 0 saturated carbocycles. The highest BCUT2D eigenvalue weighted by Gasteiger charge is 2.15. The van der Waals surface area contributed by atoms with Gasteiger partial charge in [-0.25, -0.2) is 0 Å². The summed E-state index contributed by atoms with van der Waals surface area (Å²) in [5, 5.41) is 3.92. The van der Waals surface area contributed by atoms with Crippen molar-refractivity contribution in [2.45, 2.75) is 48.0 Å². The van der Waals surface area contributed by atoms with E-state index in [-0.39, 0.29) is 10.8 Å². The second-order valence-corrected chi connectivity index (χ2v) is 7.26. The predicted octanol–water partition coefficient (Wildman–Crippen LogP) is 3.73. The Bertz CT molecular complexity index is 409. The van der Waals surface area contributed by atoms with E-state index in [1.165, 1.54) is 0 Å². The quantitative estimate of drug-likeness (QED) is 0.762. The Morgan fingerprint density at radius 3 is 2.37 bits per heavy atom. The maximum Gasteiger partial charge on any atom is 0.227 e. The molecule has 0 atom stereocenters. The molecule has 0 spiro atoms. The van der Waals surface area contributed by atoms with Gasteiger partial charge in [-0.2, -0.15) is 4.98 Å². The van der Waals surface area contributed by atoms with E-state index in [1.54, 1.807) is 0 Å². The number of hydrogen-bond donors (Lipinski definition) is 0. The summed E-state index contributed by atoms with van der Waals surface area (Å²) < 4.78 is 10.7. The molecule has 4 nitrogen and oxygen atoms in total. The summed E-state index contributed by atoms with van der Waals surface area (Å²) in [6, 6.07) is 0. The lowest BCUT2D eigenvalue weighted by atomic mass is 9.92. The van der Waals surface area contributed by atoms with Gasteiger partial charge in [0.1, 0.15) is 0 Å². The van der Waals surface area contributed by atoms with Gasteiger partial charge in [-0.1, -0.05) is 52.8 Å². The minimum atomic E-state index is 0.156. The molecule has 0 aliphatic heterocycles. The Kier molecular flexibility index (Phi) is 5.29. The van der Waals surface area contributed by atoms with Crippen molar-refractivity contribution in [3.8, 4) is 0 Å². The fraction of sp³-hybridized carbons (Fsp3) is 0.733. The van der Waals surface area contributed by atoms with Crippen molar-refractivity contribution in [1.29, 1.82) is 0 Å². The number of ether oxygens (including phenoxy) is 1. The van der Waals surface area contributed by atoms with E-state index in [4.69, 9.17) is 9.26 Å². The van der Waals surface area contributed by atoms with E-state index in [9.17, 15) is 0 Å². The van der Waals surface area contributed by atoms with Crippen LogP contribution in [0.3, 0.4) is 0 Å². The molecule has 0 aromatic carbocycles. The smallest absolute Gasteiger partial charge is 0.227 e. The number of aromatic nitrogens is 2. The van der Waals surface area contributed by atoms with Gasteiger partial charge in [-0.3, -0.25) is 0 Å². The predicted molar refractivity (Wildman–Crippen MR) is 76.8 cm³/mol. The van der Waals surface area contributed by atoms with Gasteiger partial charge in [-0.05, 0) is 16.9 Å². The van der Waals surface area contributed by atoms with Gasteiger partial charge in [0.15, 0.2) is 5.82 Å². The lowest BCUT2D eigenvalue weighted by Crippen LogP contribution is -2.14. The minimum absolute atomic E-state index is 0.156. The van der Waals surface area contributed by atoms with Gasteiger partial charge < -0.3 is 9.26 Å². The molecule has 1 heterocycles. The van der Waals surface area contributed by atoms with E-state index < -0.39 is 0 Å². The fourth-order valence-electron chi connectivity index (χ4n) is 1.45. The molecular formula is C15H26N2O2. The summed E-state index contributed by atoms with van der Waals surface area (Å²) in [6.07, 6.45) is 4.53. The van der Waals surface area contributed by atoms with Crippen LogP contribution in [0.2, 0.25) is 0 Å². The first-order chi connectivity index (χ1) is 8.66. The summed E-state index contributed by atoms with van der Waals surface area (Å²) in [7, 11) is 0. The average molecular weight is 266 g/mol. The largest absolute Gasteiger partial charge is 0.377 e. The van der Waals surface area contributed by atoms with E-state index in [0.717, 1.165) is 13.0 Å². The zero-order valence-electron chi connectivity index (χ0n) is 13.0. The van der Waals surface area contributed by atoms with Crippen LogP contribution in [0.5, 0.6) is 0 Å². The normalized spacial score (nSPS) is 13.4. The van der Waals surface area contributed by atoms with Crippen LogP contribution in [0.4, 0.5) is 0 Å². The van der Waals surface area contributed by atoms with Crippen molar-refractivity contribution in [2.24, 2.45) is 10.8 Å². The maximum atomic E-state index is 5.53. The standard InChI is InChI=1S/C15H26N2O2/c1-14(2,3)10-13-16-12(17-19-13)8-7-9-18-11-15(4,5)6/h7-8H,9-11H2,1-6H3/b8-7+. The van der Waals surface area contributed by atoms with Crippen LogP contribution >= 0.6 is 0 Å². The zero-order valence-corrected chi connectivity index (χ0v) is 13.0. The van der Waals surface area contributed by atoms with Crippen molar-refractivity contribution < 1.29 is 9.26 Å². The number of hydrogen-bond acceptors (Lipinski definition) is 4. The first-order valence-corrected chi connectivity index (χ1v) is 6.73. The second kappa shape index (κ2) is 6.33. The maximum absolute atomic E-state index is 5.53. The molecule has 19 heavy (non-hydrogen) atoms. The topological polar surface area (TPSA) is 48.2 Å². The average Bonchev–Trinajstić information content (AvgIpc) is 2.60. The molecule has 1 aromatic heterocycles. The Morgan fingerprint density at radius 1 is 1.11 bits per heavy atom. The highest BCUT2D eigenvalue weighted by molar-refractivity contribution is 5.38. The Labute approximate surface area is 116 Å². The molecule has 108 valence electrons. The summed E-state index contributed by atoms with van der Waals surface area (Å²) >= 11 is 0. The molecule has 0 bridgehead atoms. The van der Waals surface area contributed by atoms with Gasteiger partial charge in [0.05, 0.1) is 13.2 Å². The summed E-state index contributed by atoms with van der Waals surface area (Å²) in [6.45, 7) is 14.2.